The summed E-state index contributed by atoms with van der Waals surface area (Å²) in [4.78, 5) is 14.7. The van der Waals surface area contributed by atoms with Gasteiger partial charge in [0.1, 0.15) is 0 Å². The molecule has 2 rings (SSSR count). The third kappa shape index (κ3) is 4.12. The number of nitrogens with one attached hydrogen (secondary N) is 1. The number of hydrogen-bond acceptors (Lipinski definition) is 3. The lowest BCUT2D eigenvalue weighted by molar-refractivity contribution is -0.127. The number of nitrogens with zero attached hydrogens (tertiary/aromatic N) is 1. The van der Waals surface area contributed by atoms with E-state index in [2.05, 4.69) is 48.3 Å². The first-order chi connectivity index (χ1) is 11.0. The molecule has 0 fully saturated rings. The molecule has 4 nitrogen and oxygen atoms in total. The van der Waals surface area contributed by atoms with Gasteiger partial charge in [0, 0.05) is 25.0 Å². The second-order valence-electron chi connectivity index (χ2n) is 6.75. The molecule has 4 heteroatoms. The second-order valence-corrected chi connectivity index (χ2v) is 6.75. The monoisotopic (exact) mass is 318 g/mol. The summed E-state index contributed by atoms with van der Waals surface area (Å²) >= 11 is 0. The van der Waals surface area contributed by atoms with Crippen LogP contribution in [0.2, 0.25) is 0 Å². The molecule has 2 N–H and O–H groups in total. The van der Waals surface area contributed by atoms with E-state index in [-0.39, 0.29) is 24.0 Å². The molecule has 0 spiro atoms. The van der Waals surface area contributed by atoms with Crippen molar-refractivity contribution in [3.8, 4) is 0 Å². The molecule has 0 saturated carbocycles. The molecule has 1 atom stereocenters. The van der Waals surface area contributed by atoms with Gasteiger partial charge in [-0.2, -0.15) is 0 Å². The van der Waals surface area contributed by atoms with E-state index in [0.717, 1.165) is 32.4 Å². The lowest BCUT2D eigenvalue weighted by Gasteiger charge is -2.34. The molecule has 1 aliphatic heterocycles. The fraction of sp³-hybridized carbons (Fsp3) is 0.632. The standard InChI is InChI=1S/C19H30N2O2/c1-4-19(5-2,14-22)13-20-18(23)15(3)21-11-10-16-8-6-7-9-17(16)12-21/h6-9,15,22H,4-5,10-14H2,1-3H3,(H,20,23). The maximum atomic E-state index is 12.5. The molecule has 23 heavy (non-hydrogen) atoms. The number of carbonyl (C=O) groups excluding carboxylic acids is 1. The first-order valence-corrected chi connectivity index (χ1v) is 8.74. The van der Waals surface area contributed by atoms with E-state index in [4.69, 9.17) is 0 Å². The molecular formula is C19H30N2O2. The Morgan fingerprint density at radius 1 is 1.30 bits per heavy atom. The quantitative estimate of drug-likeness (QED) is 0.811. The van der Waals surface area contributed by atoms with Crippen LogP contribution in [0.5, 0.6) is 0 Å². The molecule has 1 unspecified atom stereocenters. The summed E-state index contributed by atoms with van der Waals surface area (Å²) in [6.45, 7) is 8.52. The molecule has 1 heterocycles. The van der Waals surface area contributed by atoms with Crippen molar-refractivity contribution in [1.82, 2.24) is 10.2 Å². The summed E-state index contributed by atoms with van der Waals surface area (Å²) < 4.78 is 0. The maximum Gasteiger partial charge on any atom is 0.237 e. The third-order valence-corrected chi connectivity index (χ3v) is 5.56. The van der Waals surface area contributed by atoms with Gasteiger partial charge in [-0.15, -0.1) is 0 Å². The van der Waals surface area contributed by atoms with E-state index in [9.17, 15) is 9.90 Å². The topological polar surface area (TPSA) is 52.6 Å². The third-order valence-electron chi connectivity index (χ3n) is 5.56. The number of amides is 1. The van der Waals surface area contributed by atoms with Crippen LogP contribution in [0.1, 0.15) is 44.7 Å². The Morgan fingerprint density at radius 2 is 1.96 bits per heavy atom. The number of rotatable bonds is 7. The molecule has 1 aromatic carbocycles. The highest BCUT2D eigenvalue weighted by Crippen LogP contribution is 2.25. The van der Waals surface area contributed by atoms with Gasteiger partial charge in [0.15, 0.2) is 0 Å². The predicted molar refractivity (Wildman–Crippen MR) is 93.1 cm³/mol. The molecule has 0 saturated heterocycles. The van der Waals surface area contributed by atoms with Crippen molar-refractivity contribution in [2.24, 2.45) is 5.41 Å². The Morgan fingerprint density at radius 3 is 2.57 bits per heavy atom. The zero-order valence-electron chi connectivity index (χ0n) is 14.6. The van der Waals surface area contributed by atoms with Crippen LogP contribution in [0.3, 0.4) is 0 Å². The van der Waals surface area contributed by atoms with Crippen molar-refractivity contribution in [3.05, 3.63) is 35.4 Å². The van der Waals surface area contributed by atoms with Crippen LogP contribution >= 0.6 is 0 Å². The summed E-state index contributed by atoms with van der Waals surface area (Å²) in [6.07, 6.45) is 2.73. The Hall–Kier alpha value is -1.39. The normalized spacial score (nSPS) is 16.7. The largest absolute Gasteiger partial charge is 0.396 e. The number of fused-ring (bicyclic) bond motifs is 1. The molecule has 1 amide bonds. The average Bonchev–Trinajstić information content (AvgIpc) is 2.62. The van der Waals surface area contributed by atoms with Crippen LogP contribution in [-0.2, 0) is 17.8 Å². The van der Waals surface area contributed by atoms with E-state index < -0.39 is 0 Å². The maximum absolute atomic E-state index is 12.5. The Bertz CT molecular complexity index is 518. The van der Waals surface area contributed by atoms with E-state index >= 15 is 0 Å². The molecule has 1 aromatic rings. The van der Waals surface area contributed by atoms with E-state index in [1.165, 1.54) is 11.1 Å². The Labute approximate surface area is 139 Å². The minimum atomic E-state index is -0.191. The van der Waals surface area contributed by atoms with Crippen molar-refractivity contribution in [1.29, 1.82) is 0 Å². The van der Waals surface area contributed by atoms with E-state index in [1.807, 2.05) is 6.92 Å². The molecular weight excluding hydrogens is 288 g/mol. The smallest absolute Gasteiger partial charge is 0.237 e. The van der Waals surface area contributed by atoms with Gasteiger partial charge in [-0.05, 0) is 37.3 Å². The second kappa shape index (κ2) is 7.93. The number of aliphatic hydroxyl groups is 1. The van der Waals surface area contributed by atoms with Gasteiger partial charge in [-0.25, -0.2) is 0 Å². The minimum Gasteiger partial charge on any atom is -0.396 e. The molecule has 128 valence electrons. The van der Waals surface area contributed by atoms with E-state index in [0.29, 0.717) is 6.54 Å². The number of carbonyl (C=O) groups is 1. The van der Waals surface area contributed by atoms with Crippen molar-refractivity contribution in [3.63, 3.8) is 0 Å². The molecule has 0 radical (unpaired) electrons. The number of aliphatic hydroxyl groups excluding tert-OH is 1. The fourth-order valence-electron chi connectivity index (χ4n) is 3.22. The van der Waals surface area contributed by atoms with Gasteiger partial charge in [0.05, 0.1) is 12.6 Å². The first kappa shape index (κ1) is 18.0. The van der Waals surface area contributed by atoms with Crippen molar-refractivity contribution in [2.75, 3.05) is 19.7 Å². The summed E-state index contributed by atoms with van der Waals surface area (Å²) in [5, 5.41) is 12.7. The van der Waals surface area contributed by atoms with Crippen LogP contribution in [-0.4, -0.2) is 41.7 Å². The SMILES string of the molecule is CCC(CC)(CO)CNC(=O)C(C)N1CCc2ccccc2C1. The number of benzene rings is 1. The first-order valence-electron chi connectivity index (χ1n) is 8.74. The summed E-state index contributed by atoms with van der Waals surface area (Å²) in [6, 6.07) is 8.32. The molecule has 0 aliphatic carbocycles. The highest BCUT2D eigenvalue weighted by Gasteiger charge is 2.29. The lowest BCUT2D eigenvalue weighted by atomic mass is 9.83. The number of hydrogen-bond donors (Lipinski definition) is 2. The van der Waals surface area contributed by atoms with Gasteiger partial charge in [-0.1, -0.05) is 38.1 Å². The minimum absolute atomic E-state index is 0.0594. The van der Waals surface area contributed by atoms with Crippen LogP contribution in [0.4, 0.5) is 0 Å². The van der Waals surface area contributed by atoms with Crippen LogP contribution in [0.15, 0.2) is 24.3 Å². The highest BCUT2D eigenvalue weighted by atomic mass is 16.3. The van der Waals surface area contributed by atoms with Crippen molar-refractivity contribution in [2.45, 2.75) is 52.6 Å². The van der Waals surface area contributed by atoms with Crippen LogP contribution in [0.25, 0.3) is 0 Å². The molecule has 1 aliphatic rings. The van der Waals surface area contributed by atoms with Crippen molar-refractivity contribution < 1.29 is 9.90 Å². The molecule has 0 aromatic heterocycles. The zero-order chi connectivity index (χ0) is 16.9. The fourth-order valence-corrected chi connectivity index (χ4v) is 3.22. The average molecular weight is 318 g/mol. The van der Waals surface area contributed by atoms with Crippen LogP contribution in [0, 0.1) is 5.41 Å². The molecule has 0 bridgehead atoms. The summed E-state index contributed by atoms with van der Waals surface area (Å²) in [5.41, 5.74) is 2.53. The summed E-state index contributed by atoms with van der Waals surface area (Å²) in [7, 11) is 0. The summed E-state index contributed by atoms with van der Waals surface area (Å²) in [5.74, 6) is 0.0594. The van der Waals surface area contributed by atoms with Crippen molar-refractivity contribution >= 4 is 5.91 Å². The van der Waals surface area contributed by atoms with E-state index in [1.54, 1.807) is 0 Å². The predicted octanol–water partition coefficient (Wildman–Crippen LogP) is 2.35. The van der Waals surface area contributed by atoms with Gasteiger partial charge in [0.25, 0.3) is 0 Å². The lowest BCUT2D eigenvalue weighted by Crippen LogP contribution is -2.49. The van der Waals surface area contributed by atoms with Gasteiger partial charge < -0.3 is 10.4 Å². The van der Waals surface area contributed by atoms with Crippen LogP contribution < -0.4 is 5.32 Å². The van der Waals surface area contributed by atoms with Gasteiger partial charge >= 0.3 is 0 Å². The zero-order valence-corrected chi connectivity index (χ0v) is 14.6. The van der Waals surface area contributed by atoms with Gasteiger partial charge in [-0.3, -0.25) is 9.69 Å². The van der Waals surface area contributed by atoms with Gasteiger partial charge in [0.2, 0.25) is 5.91 Å². The Kier molecular flexibility index (Phi) is 6.19. The highest BCUT2D eigenvalue weighted by molar-refractivity contribution is 5.81. The Balaban J connectivity index is 1.93.